The maximum absolute atomic E-state index is 13.8. The topological polar surface area (TPSA) is 81.4 Å². The number of hydrogen-bond acceptors (Lipinski definition) is 5. The minimum absolute atomic E-state index is 0.0608. The van der Waals surface area contributed by atoms with E-state index in [1.807, 2.05) is 54.6 Å². The molecule has 10 heteroatoms. The lowest BCUT2D eigenvalue weighted by atomic mass is 9.95. The van der Waals surface area contributed by atoms with Crippen molar-refractivity contribution < 1.29 is 35.5 Å². The van der Waals surface area contributed by atoms with E-state index < -0.39 is 15.6 Å². The lowest BCUT2D eigenvalue weighted by Gasteiger charge is -2.34. The van der Waals surface area contributed by atoms with Crippen molar-refractivity contribution in [3.8, 4) is 0 Å². The highest BCUT2D eigenvalue weighted by Crippen LogP contribution is 2.34. The summed E-state index contributed by atoms with van der Waals surface area (Å²) in [6, 6.07) is 29.6. The zero-order valence-corrected chi connectivity index (χ0v) is 25.7. The fourth-order valence-electron chi connectivity index (χ4n) is 5.55. The molecule has 4 aromatic rings. The van der Waals surface area contributed by atoms with Gasteiger partial charge in [0.2, 0.25) is 5.70 Å². The summed E-state index contributed by atoms with van der Waals surface area (Å²) in [7, 11) is -3.91. The van der Waals surface area contributed by atoms with Crippen molar-refractivity contribution in [1.82, 2.24) is 0 Å². The van der Waals surface area contributed by atoms with E-state index in [2.05, 4.69) is 79.0 Å². The van der Waals surface area contributed by atoms with Crippen LogP contribution in [0.3, 0.4) is 0 Å². The Bertz CT molecular complexity index is 1920. The molecule has 6 nitrogen and oxygen atoms in total. The van der Waals surface area contributed by atoms with Gasteiger partial charge >= 0.3 is 5.51 Å². The number of carbonyl (C=O) groups is 1. The molecule has 3 heterocycles. The molecule has 0 bridgehead atoms. The van der Waals surface area contributed by atoms with E-state index in [9.17, 15) is 18.0 Å². The Kier molecular flexibility index (Phi) is 8.82. The summed E-state index contributed by atoms with van der Waals surface area (Å²) >= 11 is 0. The van der Waals surface area contributed by atoms with E-state index in [-0.39, 0.29) is 5.78 Å². The Morgan fingerprint density at radius 3 is 2.13 bits per heavy atom. The van der Waals surface area contributed by atoms with Gasteiger partial charge in [-0.05, 0) is 73.2 Å². The SMILES string of the molecule is Cc1c[n+]2c(cc1C=Cc1ccc3c(c1)CCC(C)N3C)C(=O)C(c1ccccc1)=C2c1ccccc1.O=S(=O)([O-])C(F)(F)F. The molecular formula is C35H31F3N2O4S. The zero-order chi connectivity index (χ0) is 32.5. The molecule has 0 amide bonds. The highest BCUT2D eigenvalue weighted by Gasteiger charge is 2.40. The van der Waals surface area contributed by atoms with Gasteiger partial charge in [-0.25, -0.2) is 8.42 Å². The number of rotatable bonds is 4. The Morgan fingerprint density at radius 1 is 0.933 bits per heavy atom. The first-order valence-electron chi connectivity index (χ1n) is 14.3. The van der Waals surface area contributed by atoms with Crippen molar-refractivity contribution in [3.63, 3.8) is 0 Å². The summed E-state index contributed by atoms with van der Waals surface area (Å²) < 4.78 is 61.0. The van der Waals surface area contributed by atoms with E-state index in [4.69, 9.17) is 13.0 Å². The molecule has 45 heavy (non-hydrogen) atoms. The molecule has 0 aliphatic carbocycles. The van der Waals surface area contributed by atoms with Crippen LogP contribution in [0.15, 0.2) is 91.1 Å². The fourth-order valence-corrected chi connectivity index (χ4v) is 5.55. The average molecular weight is 633 g/mol. The summed E-state index contributed by atoms with van der Waals surface area (Å²) in [6.45, 7) is 4.40. The third-order valence-corrected chi connectivity index (χ3v) is 8.66. The van der Waals surface area contributed by atoms with Crippen LogP contribution in [0.25, 0.3) is 23.4 Å². The number of ketones is 1. The highest BCUT2D eigenvalue weighted by molar-refractivity contribution is 7.86. The van der Waals surface area contributed by atoms with Gasteiger partial charge in [0, 0.05) is 36.0 Å². The number of halogens is 3. The second kappa shape index (κ2) is 12.5. The van der Waals surface area contributed by atoms with Crippen LogP contribution in [0, 0.1) is 6.92 Å². The minimum atomic E-state index is -6.09. The van der Waals surface area contributed by atoms with Gasteiger partial charge < -0.3 is 9.45 Å². The van der Waals surface area contributed by atoms with E-state index in [1.54, 1.807) is 0 Å². The molecule has 232 valence electrons. The molecule has 0 fully saturated rings. The number of anilines is 1. The summed E-state index contributed by atoms with van der Waals surface area (Å²) in [5, 5.41) is 0. The number of nitrogens with zero attached hydrogens (tertiary/aromatic N) is 2. The van der Waals surface area contributed by atoms with Crippen LogP contribution >= 0.6 is 0 Å². The quantitative estimate of drug-likeness (QED) is 0.139. The lowest BCUT2D eigenvalue weighted by Crippen LogP contribution is -2.35. The van der Waals surface area contributed by atoms with E-state index in [0.29, 0.717) is 11.7 Å². The first-order valence-corrected chi connectivity index (χ1v) is 15.7. The van der Waals surface area contributed by atoms with Crippen LogP contribution in [-0.4, -0.2) is 37.4 Å². The lowest BCUT2D eigenvalue weighted by molar-refractivity contribution is -0.578. The monoisotopic (exact) mass is 632 g/mol. The van der Waals surface area contributed by atoms with Crippen LogP contribution in [0.2, 0.25) is 0 Å². The third-order valence-electron chi connectivity index (χ3n) is 8.09. The normalized spacial score (nSPS) is 16.4. The van der Waals surface area contributed by atoms with Gasteiger partial charge in [-0.3, -0.25) is 4.79 Å². The van der Waals surface area contributed by atoms with E-state index in [1.165, 1.54) is 23.2 Å². The summed E-state index contributed by atoms with van der Waals surface area (Å²) in [6.07, 6.45) is 8.71. The van der Waals surface area contributed by atoms with E-state index >= 15 is 0 Å². The number of aromatic nitrogens is 1. The molecule has 0 spiro atoms. The van der Waals surface area contributed by atoms with E-state index in [0.717, 1.165) is 39.9 Å². The van der Waals surface area contributed by atoms with Crippen molar-refractivity contribution >= 4 is 45.0 Å². The van der Waals surface area contributed by atoms with Gasteiger partial charge in [0.15, 0.2) is 16.3 Å². The number of alkyl halides is 3. The minimum Gasteiger partial charge on any atom is -0.741 e. The predicted octanol–water partition coefficient (Wildman–Crippen LogP) is 6.89. The van der Waals surface area contributed by atoms with Crippen LogP contribution in [0.5, 0.6) is 0 Å². The number of benzene rings is 3. The van der Waals surface area contributed by atoms with Crippen molar-refractivity contribution in [2.24, 2.45) is 0 Å². The van der Waals surface area contributed by atoms with Crippen LogP contribution < -0.4 is 9.47 Å². The first-order chi connectivity index (χ1) is 21.3. The Balaban J connectivity index is 0.000000444. The molecule has 2 aliphatic rings. The predicted molar refractivity (Wildman–Crippen MR) is 168 cm³/mol. The maximum Gasteiger partial charge on any atom is 0.485 e. The van der Waals surface area contributed by atoms with Gasteiger partial charge in [-0.2, -0.15) is 17.7 Å². The standard InChI is InChI=1S/C34H31N2O.CHF3O3S/c1-23-22-36-31(21-28(23)18-15-25-16-19-30-29(20-25)17-14-24(2)35(30)3)34(37)32(26-10-6-4-7-11-26)33(36)27-12-8-5-9-13-27;2-1(3,4)8(5,6)7/h4-13,15-16,18-22,24H,14,17H2,1-3H3;(H,5,6,7)/q+1;/p-1. The molecule has 1 unspecified atom stereocenters. The number of pyridine rings is 1. The Labute approximate surface area is 260 Å². The van der Waals surface area contributed by atoms with Crippen molar-refractivity contribution in [1.29, 1.82) is 0 Å². The number of carbonyl (C=O) groups excluding carboxylic acids is 1. The second-order valence-corrected chi connectivity index (χ2v) is 12.4. The van der Waals surface area contributed by atoms with Gasteiger partial charge in [-0.15, -0.1) is 0 Å². The molecule has 1 atom stereocenters. The third kappa shape index (κ3) is 6.62. The summed E-state index contributed by atoms with van der Waals surface area (Å²) in [5.41, 5.74) is 4.84. The molecule has 0 N–H and O–H groups in total. The molecule has 2 aliphatic heterocycles. The summed E-state index contributed by atoms with van der Waals surface area (Å²) in [5.74, 6) is 0.0608. The molecule has 0 saturated heterocycles. The fraction of sp³-hybridized carbons (Fsp3) is 0.200. The average Bonchev–Trinajstić information content (AvgIpc) is 3.28. The number of aryl methyl sites for hydroxylation is 2. The molecule has 6 rings (SSSR count). The zero-order valence-electron chi connectivity index (χ0n) is 24.9. The highest BCUT2D eigenvalue weighted by atomic mass is 32.2. The van der Waals surface area contributed by atoms with Gasteiger partial charge in [0.25, 0.3) is 11.5 Å². The van der Waals surface area contributed by atoms with Gasteiger partial charge in [0.05, 0.1) is 0 Å². The molecule has 0 radical (unpaired) electrons. The van der Waals surface area contributed by atoms with Gasteiger partial charge in [0.1, 0.15) is 5.57 Å². The smallest absolute Gasteiger partial charge is 0.485 e. The Hall–Kier alpha value is -4.54. The van der Waals surface area contributed by atoms with Crippen molar-refractivity contribution in [2.45, 2.75) is 38.2 Å². The van der Waals surface area contributed by atoms with Crippen LogP contribution in [-0.2, 0) is 16.5 Å². The van der Waals surface area contributed by atoms with Crippen LogP contribution in [0.4, 0.5) is 18.9 Å². The number of Topliss-reactive ketones (excluding diaryl/α,β-unsaturated/α-hetero) is 1. The summed E-state index contributed by atoms with van der Waals surface area (Å²) in [4.78, 5) is 16.2. The second-order valence-electron chi connectivity index (χ2n) is 11.1. The van der Waals surface area contributed by atoms with Crippen molar-refractivity contribution in [3.05, 3.63) is 130 Å². The van der Waals surface area contributed by atoms with Crippen molar-refractivity contribution in [2.75, 3.05) is 11.9 Å². The Morgan fingerprint density at radius 2 is 1.53 bits per heavy atom. The number of fused-ring (bicyclic) bond motifs is 2. The first kappa shape index (κ1) is 31.9. The van der Waals surface area contributed by atoms with Gasteiger partial charge in [-0.1, -0.05) is 66.7 Å². The van der Waals surface area contributed by atoms with Crippen LogP contribution in [0.1, 0.15) is 57.2 Å². The molecular weight excluding hydrogens is 601 g/mol. The molecule has 1 aromatic heterocycles. The number of hydrogen-bond donors (Lipinski definition) is 0. The maximum atomic E-state index is 13.8. The largest absolute Gasteiger partial charge is 0.741 e. The number of allylic oxidation sites excluding steroid dienone is 1. The molecule has 3 aromatic carbocycles. The molecule has 0 saturated carbocycles.